The molecule has 0 bridgehead atoms. The van der Waals surface area contributed by atoms with Crippen LogP contribution in [0.5, 0.6) is 0 Å². The number of pyridine rings is 1. The number of hydrogen-bond donors (Lipinski definition) is 0. The van der Waals surface area contributed by atoms with E-state index in [0.29, 0.717) is 27.5 Å². The van der Waals surface area contributed by atoms with Gasteiger partial charge in [-0.1, -0.05) is 44.2 Å². The van der Waals surface area contributed by atoms with Gasteiger partial charge in [-0.15, -0.1) is 0 Å². The van der Waals surface area contributed by atoms with Gasteiger partial charge in [0.1, 0.15) is 0 Å². The van der Waals surface area contributed by atoms with Crippen LogP contribution in [0.15, 0.2) is 50.7 Å². The summed E-state index contributed by atoms with van der Waals surface area (Å²) in [7, 11) is 1.62. The van der Waals surface area contributed by atoms with E-state index in [-0.39, 0.29) is 6.54 Å². The first-order chi connectivity index (χ1) is 14.3. The summed E-state index contributed by atoms with van der Waals surface area (Å²) >= 11 is 3.41. The lowest BCUT2D eigenvalue weighted by atomic mass is 10.1. The predicted molar refractivity (Wildman–Crippen MR) is 123 cm³/mol. The highest BCUT2D eigenvalue weighted by Crippen LogP contribution is 2.20. The van der Waals surface area contributed by atoms with Gasteiger partial charge in [-0.2, -0.15) is 0 Å². The molecule has 0 spiro atoms. The molecule has 4 aromatic rings. The SMILES string of the molecule is Cc1cc2ccccc2c(Cn2c(=O)c3c(nc(Br)n3/C=C/C(C)C)n(C)c2=O)n1. The van der Waals surface area contributed by atoms with Crippen LogP contribution in [0.2, 0.25) is 0 Å². The molecule has 7 nitrogen and oxygen atoms in total. The van der Waals surface area contributed by atoms with Gasteiger partial charge in [0.25, 0.3) is 5.56 Å². The Morgan fingerprint density at radius 2 is 1.90 bits per heavy atom. The largest absolute Gasteiger partial charge is 0.332 e. The van der Waals surface area contributed by atoms with Crippen LogP contribution < -0.4 is 11.2 Å². The number of aromatic nitrogens is 5. The van der Waals surface area contributed by atoms with Crippen LogP contribution in [0.4, 0.5) is 0 Å². The number of hydrogen-bond acceptors (Lipinski definition) is 4. The molecule has 0 amide bonds. The third-order valence-corrected chi connectivity index (χ3v) is 5.57. The summed E-state index contributed by atoms with van der Waals surface area (Å²) in [5.74, 6) is 0.298. The number of aryl methyl sites for hydroxylation is 2. The van der Waals surface area contributed by atoms with Gasteiger partial charge in [0.2, 0.25) is 0 Å². The minimum atomic E-state index is -0.426. The fourth-order valence-electron chi connectivity index (χ4n) is 3.53. The van der Waals surface area contributed by atoms with Crippen LogP contribution in [-0.4, -0.2) is 23.7 Å². The van der Waals surface area contributed by atoms with E-state index in [2.05, 4.69) is 25.9 Å². The van der Waals surface area contributed by atoms with E-state index in [1.54, 1.807) is 17.8 Å². The Bertz CT molecular complexity index is 1430. The molecule has 1 aromatic carbocycles. The lowest BCUT2D eigenvalue weighted by molar-refractivity contribution is 0.649. The normalized spacial score (nSPS) is 12.1. The average Bonchev–Trinajstić information content (AvgIpc) is 3.04. The molecule has 3 aromatic heterocycles. The number of nitrogens with zero attached hydrogens (tertiary/aromatic N) is 5. The van der Waals surface area contributed by atoms with E-state index < -0.39 is 11.2 Å². The van der Waals surface area contributed by atoms with Crippen molar-refractivity contribution in [1.29, 1.82) is 0 Å². The molecule has 0 radical (unpaired) electrons. The summed E-state index contributed by atoms with van der Waals surface area (Å²) in [6.45, 7) is 6.08. The summed E-state index contributed by atoms with van der Waals surface area (Å²) in [5, 5.41) is 1.95. The molecule has 0 N–H and O–H groups in total. The van der Waals surface area contributed by atoms with Gasteiger partial charge < -0.3 is 0 Å². The highest BCUT2D eigenvalue weighted by atomic mass is 79.9. The minimum absolute atomic E-state index is 0.0837. The van der Waals surface area contributed by atoms with Crippen LogP contribution >= 0.6 is 15.9 Å². The standard InChI is InChI=1S/C22H22BrN5O2/c1-13(2)9-10-27-18-19(25-21(27)23)26(4)22(30)28(20(18)29)12-17-16-8-6-5-7-15(16)11-14(3)24-17/h5-11,13H,12H2,1-4H3/b10-9+. The van der Waals surface area contributed by atoms with E-state index in [1.165, 1.54) is 9.13 Å². The fraction of sp³-hybridized carbons (Fsp3) is 0.273. The second-order valence-electron chi connectivity index (χ2n) is 7.67. The molecule has 0 saturated carbocycles. The van der Waals surface area contributed by atoms with Crippen molar-refractivity contribution in [2.75, 3.05) is 0 Å². The molecule has 0 atom stereocenters. The Morgan fingerprint density at radius 1 is 1.17 bits per heavy atom. The maximum Gasteiger partial charge on any atom is 0.332 e. The van der Waals surface area contributed by atoms with Crippen molar-refractivity contribution in [3.63, 3.8) is 0 Å². The van der Waals surface area contributed by atoms with Crippen molar-refractivity contribution in [3.8, 4) is 0 Å². The Labute approximate surface area is 181 Å². The maximum atomic E-state index is 13.4. The number of imidazole rings is 1. The molecule has 0 aliphatic rings. The van der Waals surface area contributed by atoms with E-state index in [9.17, 15) is 9.59 Å². The van der Waals surface area contributed by atoms with Gasteiger partial charge in [-0.3, -0.25) is 23.5 Å². The molecule has 154 valence electrons. The molecule has 0 fully saturated rings. The Morgan fingerprint density at radius 3 is 2.63 bits per heavy atom. The zero-order chi connectivity index (χ0) is 21.6. The zero-order valence-corrected chi connectivity index (χ0v) is 18.8. The number of fused-ring (bicyclic) bond motifs is 2. The van der Waals surface area contributed by atoms with Crippen LogP contribution in [0.1, 0.15) is 25.2 Å². The highest BCUT2D eigenvalue weighted by molar-refractivity contribution is 9.10. The molecule has 0 aliphatic carbocycles. The van der Waals surface area contributed by atoms with Crippen molar-refractivity contribution < 1.29 is 0 Å². The van der Waals surface area contributed by atoms with Gasteiger partial charge in [0, 0.05) is 24.3 Å². The maximum absolute atomic E-state index is 13.4. The molecular weight excluding hydrogens is 446 g/mol. The lowest BCUT2D eigenvalue weighted by Crippen LogP contribution is -2.40. The number of rotatable bonds is 4. The summed E-state index contributed by atoms with van der Waals surface area (Å²) in [6.07, 6.45) is 3.77. The van der Waals surface area contributed by atoms with Crippen LogP contribution in [0.25, 0.3) is 28.1 Å². The van der Waals surface area contributed by atoms with Crippen molar-refractivity contribution in [3.05, 3.63) is 73.4 Å². The minimum Gasteiger partial charge on any atom is -0.288 e. The van der Waals surface area contributed by atoms with Gasteiger partial charge in [-0.25, -0.2) is 9.78 Å². The molecule has 30 heavy (non-hydrogen) atoms. The fourth-order valence-corrected chi connectivity index (χ4v) is 4.00. The topological polar surface area (TPSA) is 74.7 Å². The lowest BCUT2D eigenvalue weighted by Gasteiger charge is -2.11. The molecular formula is C22H22BrN5O2. The van der Waals surface area contributed by atoms with Crippen molar-refractivity contribution >= 4 is 44.1 Å². The van der Waals surface area contributed by atoms with E-state index in [4.69, 9.17) is 0 Å². The third-order valence-electron chi connectivity index (χ3n) is 5.01. The first kappa shape index (κ1) is 20.3. The van der Waals surface area contributed by atoms with E-state index >= 15 is 0 Å². The van der Waals surface area contributed by atoms with Crippen molar-refractivity contribution in [2.24, 2.45) is 13.0 Å². The van der Waals surface area contributed by atoms with Gasteiger partial charge in [-0.05, 0) is 40.2 Å². The quantitative estimate of drug-likeness (QED) is 0.429. The zero-order valence-electron chi connectivity index (χ0n) is 17.3. The average molecular weight is 468 g/mol. The summed E-state index contributed by atoms with van der Waals surface area (Å²) < 4.78 is 4.78. The Balaban J connectivity index is 1.98. The van der Waals surface area contributed by atoms with Gasteiger partial charge >= 0.3 is 5.69 Å². The van der Waals surface area contributed by atoms with Gasteiger partial charge in [0.05, 0.1) is 12.2 Å². The number of benzene rings is 1. The first-order valence-electron chi connectivity index (χ1n) is 9.68. The molecule has 3 heterocycles. The summed E-state index contributed by atoms with van der Waals surface area (Å²) in [6, 6.07) is 9.83. The smallest absolute Gasteiger partial charge is 0.288 e. The molecule has 0 saturated heterocycles. The second kappa shape index (κ2) is 7.68. The third kappa shape index (κ3) is 3.41. The number of allylic oxidation sites excluding steroid dienone is 1. The van der Waals surface area contributed by atoms with Crippen LogP contribution in [0, 0.1) is 12.8 Å². The first-order valence-corrected chi connectivity index (χ1v) is 10.5. The van der Waals surface area contributed by atoms with E-state index in [0.717, 1.165) is 16.5 Å². The molecule has 0 aliphatic heterocycles. The van der Waals surface area contributed by atoms with Crippen molar-refractivity contribution in [1.82, 2.24) is 23.7 Å². The summed E-state index contributed by atoms with van der Waals surface area (Å²) in [4.78, 5) is 35.5. The molecule has 8 heteroatoms. The second-order valence-corrected chi connectivity index (χ2v) is 8.38. The summed E-state index contributed by atoms with van der Waals surface area (Å²) in [5.41, 5.74) is 1.38. The number of halogens is 1. The molecule has 4 rings (SSSR count). The van der Waals surface area contributed by atoms with Crippen molar-refractivity contribution in [2.45, 2.75) is 27.3 Å². The molecule has 0 unspecified atom stereocenters. The monoisotopic (exact) mass is 467 g/mol. The van der Waals surface area contributed by atoms with Gasteiger partial charge in [0.15, 0.2) is 15.9 Å². The Hall–Kier alpha value is -3.00. The Kier molecular flexibility index (Phi) is 5.19. The predicted octanol–water partition coefficient (Wildman–Crippen LogP) is 3.69. The van der Waals surface area contributed by atoms with Crippen LogP contribution in [0.3, 0.4) is 0 Å². The van der Waals surface area contributed by atoms with Crippen LogP contribution in [-0.2, 0) is 13.6 Å². The van der Waals surface area contributed by atoms with E-state index in [1.807, 2.05) is 57.2 Å². The highest BCUT2D eigenvalue weighted by Gasteiger charge is 2.19.